The number of hydrogen-bond donors (Lipinski definition) is 1. The number of nitrogens with one attached hydrogen (secondary N) is 1. The van der Waals surface area contributed by atoms with Crippen LogP contribution in [0.2, 0.25) is 10.0 Å². The quantitative estimate of drug-likeness (QED) is 0.558. The lowest BCUT2D eigenvalue weighted by Gasteiger charge is -2.11. The van der Waals surface area contributed by atoms with Gasteiger partial charge in [0.05, 0.1) is 15.7 Å². The third-order valence-electron chi connectivity index (χ3n) is 3.76. The van der Waals surface area contributed by atoms with Crippen molar-refractivity contribution in [3.05, 3.63) is 93.5 Å². The molecule has 0 spiro atoms. The standard InChI is InChI=1S/C20H15Cl2NO/c1-13-6-2-3-7-15(13)20(24)16-11-10-14(12-18(16)22)23-19-9-5-4-8-17(19)21/h2-12,23H,1H3. The summed E-state index contributed by atoms with van der Waals surface area (Å²) in [7, 11) is 0. The summed E-state index contributed by atoms with van der Waals surface area (Å²) in [4.78, 5) is 12.7. The average Bonchev–Trinajstić information content (AvgIpc) is 2.57. The summed E-state index contributed by atoms with van der Waals surface area (Å²) in [6.45, 7) is 1.91. The third-order valence-corrected chi connectivity index (χ3v) is 4.40. The fraction of sp³-hybridized carbons (Fsp3) is 0.0500. The molecule has 24 heavy (non-hydrogen) atoms. The Hall–Kier alpha value is -2.29. The van der Waals surface area contributed by atoms with Gasteiger partial charge >= 0.3 is 0 Å². The molecule has 0 fully saturated rings. The molecule has 3 rings (SSSR count). The van der Waals surface area contributed by atoms with Gasteiger partial charge in [-0.3, -0.25) is 4.79 Å². The van der Waals surface area contributed by atoms with E-state index in [4.69, 9.17) is 23.2 Å². The molecule has 0 radical (unpaired) electrons. The molecule has 120 valence electrons. The van der Waals surface area contributed by atoms with Gasteiger partial charge in [-0.1, -0.05) is 59.6 Å². The molecule has 3 aromatic carbocycles. The van der Waals surface area contributed by atoms with Crippen molar-refractivity contribution >= 4 is 40.4 Å². The van der Waals surface area contributed by atoms with Crippen LogP contribution in [0, 0.1) is 6.92 Å². The Morgan fingerprint density at radius 2 is 1.54 bits per heavy atom. The van der Waals surface area contributed by atoms with Crippen LogP contribution < -0.4 is 5.32 Å². The van der Waals surface area contributed by atoms with E-state index >= 15 is 0 Å². The van der Waals surface area contributed by atoms with Crippen LogP contribution in [0.5, 0.6) is 0 Å². The highest BCUT2D eigenvalue weighted by molar-refractivity contribution is 6.35. The van der Waals surface area contributed by atoms with Gasteiger partial charge in [0, 0.05) is 16.8 Å². The first-order chi connectivity index (χ1) is 11.6. The van der Waals surface area contributed by atoms with Crippen molar-refractivity contribution in [1.82, 2.24) is 0 Å². The molecule has 3 aromatic rings. The smallest absolute Gasteiger partial charge is 0.194 e. The fourth-order valence-electron chi connectivity index (χ4n) is 2.47. The number of benzene rings is 3. The van der Waals surface area contributed by atoms with E-state index in [0.717, 1.165) is 16.9 Å². The van der Waals surface area contributed by atoms with E-state index in [2.05, 4.69) is 5.32 Å². The van der Waals surface area contributed by atoms with Gasteiger partial charge in [-0.2, -0.15) is 0 Å². The van der Waals surface area contributed by atoms with Gasteiger partial charge in [0.1, 0.15) is 0 Å². The molecule has 4 heteroatoms. The van der Waals surface area contributed by atoms with Gasteiger partial charge in [-0.25, -0.2) is 0 Å². The topological polar surface area (TPSA) is 29.1 Å². The first kappa shape index (κ1) is 16.6. The number of para-hydroxylation sites is 1. The second-order valence-corrected chi connectivity index (χ2v) is 6.26. The summed E-state index contributed by atoms with van der Waals surface area (Å²) in [5, 5.41) is 4.22. The average molecular weight is 356 g/mol. The molecule has 0 aliphatic rings. The zero-order chi connectivity index (χ0) is 17.1. The molecule has 2 nitrogen and oxygen atoms in total. The van der Waals surface area contributed by atoms with Crippen molar-refractivity contribution in [3.8, 4) is 0 Å². The molecule has 0 saturated heterocycles. The summed E-state index contributed by atoms with van der Waals surface area (Å²) in [5.41, 5.74) is 3.63. The second-order valence-electron chi connectivity index (χ2n) is 5.44. The van der Waals surface area contributed by atoms with Gasteiger partial charge in [-0.15, -0.1) is 0 Å². The molecule has 0 heterocycles. The number of carbonyl (C=O) groups is 1. The van der Waals surface area contributed by atoms with Crippen molar-refractivity contribution < 1.29 is 4.79 Å². The Morgan fingerprint density at radius 1 is 0.833 bits per heavy atom. The SMILES string of the molecule is Cc1ccccc1C(=O)c1ccc(Nc2ccccc2Cl)cc1Cl. The summed E-state index contributed by atoms with van der Waals surface area (Å²) in [5.74, 6) is -0.0811. The van der Waals surface area contributed by atoms with Gasteiger partial charge < -0.3 is 5.32 Å². The van der Waals surface area contributed by atoms with E-state index in [1.54, 1.807) is 12.1 Å². The van der Waals surface area contributed by atoms with Gasteiger partial charge in [0.15, 0.2) is 5.78 Å². The molecule has 1 N–H and O–H groups in total. The maximum absolute atomic E-state index is 12.7. The number of rotatable bonds is 4. The molecule has 0 atom stereocenters. The number of carbonyl (C=O) groups excluding carboxylic acids is 1. The molecule has 0 bridgehead atoms. The minimum absolute atomic E-state index is 0.0811. The highest BCUT2D eigenvalue weighted by Crippen LogP contribution is 2.29. The monoisotopic (exact) mass is 355 g/mol. The molecule has 0 aliphatic carbocycles. The van der Waals surface area contributed by atoms with Crippen LogP contribution in [-0.4, -0.2) is 5.78 Å². The predicted molar refractivity (Wildman–Crippen MR) is 101 cm³/mol. The van der Waals surface area contributed by atoms with Crippen LogP contribution in [0.4, 0.5) is 11.4 Å². The largest absolute Gasteiger partial charge is 0.354 e. The van der Waals surface area contributed by atoms with E-state index in [1.165, 1.54) is 0 Å². The van der Waals surface area contributed by atoms with E-state index in [0.29, 0.717) is 21.2 Å². The normalized spacial score (nSPS) is 10.5. The Morgan fingerprint density at radius 3 is 2.25 bits per heavy atom. The van der Waals surface area contributed by atoms with Crippen molar-refractivity contribution in [3.63, 3.8) is 0 Å². The minimum atomic E-state index is -0.0811. The van der Waals surface area contributed by atoms with Gasteiger partial charge in [-0.05, 0) is 42.8 Å². The van der Waals surface area contributed by atoms with Crippen LogP contribution in [0.15, 0.2) is 66.7 Å². The molecule has 0 saturated carbocycles. The van der Waals surface area contributed by atoms with Crippen LogP contribution >= 0.6 is 23.2 Å². The number of aryl methyl sites for hydroxylation is 1. The van der Waals surface area contributed by atoms with E-state index < -0.39 is 0 Å². The molecule has 0 aromatic heterocycles. The summed E-state index contributed by atoms with van der Waals surface area (Å²) < 4.78 is 0. The van der Waals surface area contributed by atoms with Crippen LogP contribution in [0.25, 0.3) is 0 Å². The highest BCUT2D eigenvalue weighted by atomic mass is 35.5. The lowest BCUT2D eigenvalue weighted by atomic mass is 9.99. The Kier molecular flexibility index (Phi) is 4.89. The maximum Gasteiger partial charge on any atom is 0.194 e. The second kappa shape index (κ2) is 7.08. The number of ketones is 1. The predicted octanol–water partition coefficient (Wildman–Crippen LogP) is 6.28. The summed E-state index contributed by atoms with van der Waals surface area (Å²) in [6, 6.07) is 20.2. The molecular formula is C20H15Cl2NO. The van der Waals surface area contributed by atoms with E-state index in [-0.39, 0.29) is 5.78 Å². The van der Waals surface area contributed by atoms with Crippen molar-refractivity contribution in [2.45, 2.75) is 6.92 Å². The molecular weight excluding hydrogens is 341 g/mol. The fourth-order valence-corrected chi connectivity index (χ4v) is 2.92. The first-order valence-corrected chi connectivity index (χ1v) is 8.23. The van der Waals surface area contributed by atoms with Crippen molar-refractivity contribution in [2.75, 3.05) is 5.32 Å². The van der Waals surface area contributed by atoms with Crippen molar-refractivity contribution in [1.29, 1.82) is 0 Å². The van der Waals surface area contributed by atoms with E-state index in [9.17, 15) is 4.79 Å². The van der Waals surface area contributed by atoms with Crippen LogP contribution in [0.3, 0.4) is 0 Å². The summed E-state index contributed by atoms with van der Waals surface area (Å²) >= 11 is 12.5. The lowest BCUT2D eigenvalue weighted by Crippen LogP contribution is -2.04. The Bertz CT molecular complexity index is 906. The molecule has 0 amide bonds. The van der Waals surface area contributed by atoms with Gasteiger partial charge in [0.2, 0.25) is 0 Å². The van der Waals surface area contributed by atoms with Crippen LogP contribution in [0.1, 0.15) is 21.5 Å². The zero-order valence-corrected chi connectivity index (χ0v) is 14.5. The maximum atomic E-state index is 12.7. The Labute approximate surface area is 151 Å². The molecule has 0 unspecified atom stereocenters. The van der Waals surface area contributed by atoms with E-state index in [1.807, 2.05) is 61.5 Å². The highest BCUT2D eigenvalue weighted by Gasteiger charge is 2.15. The number of anilines is 2. The van der Waals surface area contributed by atoms with Crippen molar-refractivity contribution in [2.24, 2.45) is 0 Å². The van der Waals surface area contributed by atoms with Crippen LogP contribution in [-0.2, 0) is 0 Å². The van der Waals surface area contributed by atoms with Gasteiger partial charge in [0.25, 0.3) is 0 Å². The first-order valence-electron chi connectivity index (χ1n) is 7.47. The number of hydrogen-bond acceptors (Lipinski definition) is 2. The third kappa shape index (κ3) is 3.45. The lowest BCUT2D eigenvalue weighted by molar-refractivity contribution is 0.103. The summed E-state index contributed by atoms with van der Waals surface area (Å²) in [6.07, 6.45) is 0. The minimum Gasteiger partial charge on any atom is -0.354 e. The number of halogens is 2. The zero-order valence-electron chi connectivity index (χ0n) is 13.0. The molecule has 0 aliphatic heterocycles. The Balaban J connectivity index is 1.89.